The van der Waals surface area contributed by atoms with E-state index in [0.29, 0.717) is 4.47 Å². The van der Waals surface area contributed by atoms with Gasteiger partial charge in [0.25, 0.3) is 0 Å². The Morgan fingerprint density at radius 3 is 2.55 bits per heavy atom. The van der Waals surface area contributed by atoms with Crippen molar-refractivity contribution in [1.29, 1.82) is 0 Å². The first kappa shape index (κ1) is 14.5. The van der Waals surface area contributed by atoms with Crippen molar-refractivity contribution in [2.24, 2.45) is 0 Å². The van der Waals surface area contributed by atoms with Gasteiger partial charge in [-0.1, -0.05) is 12.1 Å². The molecule has 7 heteroatoms. The lowest BCUT2D eigenvalue weighted by molar-refractivity contribution is -0.274. The zero-order chi connectivity index (χ0) is 14.8. The van der Waals surface area contributed by atoms with Crippen molar-refractivity contribution in [1.82, 2.24) is 4.98 Å². The number of aromatic nitrogens is 1. The molecule has 2 aromatic rings. The van der Waals surface area contributed by atoms with E-state index in [2.05, 4.69) is 25.7 Å². The Labute approximate surface area is 120 Å². The average molecular weight is 346 g/mol. The van der Waals surface area contributed by atoms with Crippen LogP contribution in [0, 0.1) is 0 Å². The molecule has 104 valence electrons. The van der Waals surface area contributed by atoms with Crippen LogP contribution in [0.5, 0.6) is 5.75 Å². The normalized spacial score (nSPS) is 11.2. The van der Waals surface area contributed by atoms with Gasteiger partial charge >= 0.3 is 6.36 Å². The lowest BCUT2D eigenvalue weighted by Crippen LogP contribution is -2.19. The van der Waals surface area contributed by atoms with Crippen LogP contribution in [0.4, 0.5) is 13.2 Å². The Morgan fingerprint density at radius 1 is 1.20 bits per heavy atom. The summed E-state index contributed by atoms with van der Waals surface area (Å²) < 4.78 is 41.3. The number of hydrogen-bond acceptors (Lipinski definition) is 3. The fourth-order valence-corrected chi connectivity index (χ4v) is 1.92. The molecule has 0 fully saturated rings. The predicted molar refractivity (Wildman–Crippen MR) is 68.5 cm³/mol. The summed E-state index contributed by atoms with van der Waals surface area (Å²) in [4.78, 5) is 16.0. The van der Waals surface area contributed by atoms with Crippen molar-refractivity contribution in [3.63, 3.8) is 0 Å². The zero-order valence-electron chi connectivity index (χ0n) is 9.82. The number of halogens is 4. The van der Waals surface area contributed by atoms with Gasteiger partial charge in [0.15, 0.2) is 5.78 Å². The quantitative estimate of drug-likeness (QED) is 0.790. The van der Waals surface area contributed by atoms with E-state index >= 15 is 0 Å². The third-order valence-electron chi connectivity index (χ3n) is 2.32. The van der Waals surface area contributed by atoms with Gasteiger partial charge in [0, 0.05) is 22.4 Å². The largest absolute Gasteiger partial charge is 0.573 e. The molecule has 3 nitrogen and oxygen atoms in total. The van der Waals surface area contributed by atoms with Gasteiger partial charge in [-0.3, -0.25) is 9.78 Å². The van der Waals surface area contributed by atoms with Crippen LogP contribution in [0.1, 0.15) is 15.9 Å². The van der Waals surface area contributed by atoms with E-state index in [1.54, 1.807) is 0 Å². The standard InChI is InChI=1S/C13H7BrF3NO2/c14-9-5-8(6-18-7-9)12(19)10-3-1-2-4-11(10)20-13(15,16)17/h1-7H. The first-order valence-electron chi connectivity index (χ1n) is 5.37. The molecule has 0 saturated carbocycles. The summed E-state index contributed by atoms with van der Waals surface area (Å²) in [6.07, 6.45) is -2.11. The molecule has 20 heavy (non-hydrogen) atoms. The van der Waals surface area contributed by atoms with Crippen LogP contribution in [-0.2, 0) is 0 Å². The second kappa shape index (κ2) is 5.62. The number of nitrogens with zero attached hydrogens (tertiary/aromatic N) is 1. The van der Waals surface area contributed by atoms with Gasteiger partial charge in [0.05, 0.1) is 5.56 Å². The van der Waals surface area contributed by atoms with Crippen LogP contribution in [0.3, 0.4) is 0 Å². The molecule has 0 atom stereocenters. The molecule has 0 radical (unpaired) electrons. The van der Waals surface area contributed by atoms with Gasteiger partial charge in [-0.2, -0.15) is 0 Å². The number of ether oxygens (including phenoxy) is 1. The molecule has 0 spiro atoms. The summed E-state index contributed by atoms with van der Waals surface area (Å²) in [5.74, 6) is -1.14. The van der Waals surface area contributed by atoms with Crippen molar-refractivity contribution >= 4 is 21.7 Å². The van der Waals surface area contributed by atoms with Crippen LogP contribution in [0.25, 0.3) is 0 Å². The highest BCUT2D eigenvalue weighted by Crippen LogP contribution is 2.28. The highest BCUT2D eigenvalue weighted by Gasteiger charge is 2.32. The van der Waals surface area contributed by atoms with E-state index in [1.165, 1.54) is 36.7 Å². The third-order valence-corrected chi connectivity index (χ3v) is 2.76. The van der Waals surface area contributed by atoms with Crippen molar-refractivity contribution in [3.8, 4) is 5.75 Å². The monoisotopic (exact) mass is 345 g/mol. The number of benzene rings is 1. The summed E-state index contributed by atoms with van der Waals surface area (Å²) in [5.41, 5.74) is -0.0117. The molecule has 0 saturated heterocycles. The SMILES string of the molecule is O=C(c1cncc(Br)c1)c1ccccc1OC(F)(F)F. The van der Waals surface area contributed by atoms with Gasteiger partial charge in [-0.15, -0.1) is 13.2 Å². The van der Waals surface area contributed by atoms with Crippen molar-refractivity contribution in [2.75, 3.05) is 0 Å². The van der Waals surface area contributed by atoms with Crippen LogP contribution >= 0.6 is 15.9 Å². The molecule has 1 heterocycles. The Hall–Kier alpha value is -1.89. The Kier molecular flexibility index (Phi) is 4.08. The number of hydrogen-bond donors (Lipinski definition) is 0. The van der Waals surface area contributed by atoms with Crippen molar-refractivity contribution in [3.05, 3.63) is 58.3 Å². The highest BCUT2D eigenvalue weighted by molar-refractivity contribution is 9.10. The van der Waals surface area contributed by atoms with Gasteiger partial charge in [0.2, 0.25) is 0 Å². The summed E-state index contributed by atoms with van der Waals surface area (Å²) in [6, 6.07) is 6.65. The summed E-state index contributed by atoms with van der Waals surface area (Å²) in [7, 11) is 0. The fraction of sp³-hybridized carbons (Fsp3) is 0.0769. The van der Waals surface area contributed by atoms with Crippen molar-refractivity contribution < 1.29 is 22.7 Å². The van der Waals surface area contributed by atoms with Crippen LogP contribution in [0.2, 0.25) is 0 Å². The molecule has 0 amide bonds. The molecule has 0 N–H and O–H groups in total. The number of para-hydroxylation sites is 1. The Bertz CT molecular complexity index is 644. The maximum atomic E-state index is 12.3. The van der Waals surface area contributed by atoms with Crippen LogP contribution in [0.15, 0.2) is 47.2 Å². The maximum Gasteiger partial charge on any atom is 0.573 e. The smallest absolute Gasteiger partial charge is 0.405 e. The number of carbonyl (C=O) groups is 1. The second-order valence-corrected chi connectivity index (χ2v) is 4.68. The molecule has 0 bridgehead atoms. The second-order valence-electron chi connectivity index (χ2n) is 3.76. The lowest BCUT2D eigenvalue weighted by atomic mass is 10.0. The minimum Gasteiger partial charge on any atom is -0.405 e. The van der Waals surface area contributed by atoms with E-state index in [1.807, 2.05) is 0 Å². The maximum absolute atomic E-state index is 12.3. The lowest BCUT2D eigenvalue weighted by Gasteiger charge is -2.12. The summed E-state index contributed by atoms with van der Waals surface area (Å²) >= 11 is 3.14. The molecule has 1 aromatic carbocycles. The molecule has 0 aliphatic rings. The minimum atomic E-state index is -4.86. The first-order chi connectivity index (χ1) is 9.37. The topological polar surface area (TPSA) is 39.2 Å². The number of pyridine rings is 1. The minimum absolute atomic E-state index is 0.164. The van der Waals surface area contributed by atoms with Gasteiger partial charge in [-0.25, -0.2) is 0 Å². The van der Waals surface area contributed by atoms with Gasteiger partial charge in [0.1, 0.15) is 5.75 Å². The molecule has 0 aliphatic heterocycles. The fourth-order valence-electron chi connectivity index (χ4n) is 1.56. The zero-order valence-corrected chi connectivity index (χ0v) is 11.4. The van der Waals surface area contributed by atoms with Crippen LogP contribution < -0.4 is 4.74 Å². The number of rotatable bonds is 3. The number of alkyl halides is 3. The van der Waals surface area contributed by atoms with Gasteiger partial charge in [-0.05, 0) is 34.1 Å². The summed E-state index contributed by atoms with van der Waals surface area (Å²) in [6.45, 7) is 0. The number of carbonyl (C=O) groups excluding carboxylic acids is 1. The first-order valence-corrected chi connectivity index (χ1v) is 6.16. The molecule has 1 aromatic heterocycles. The van der Waals surface area contributed by atoms with Crippen LogP contribution in [-0.4, -0.2) is 17.1 Å². The van der Waals surface area contributed by atoms with Crippen molar-refractivity contribution in [2.45, 2.75) is 6.36 Å². The molecule has 0 unspecified atom stereocenters. The molecular weight excluding hydrogens is 339 g/mol. The Balaban J connectivity index is 2.40. The molecule has 2 rings (SSSR count). The molecular formula is C13H7BrF3NO2. The van der Waals surface area contributed by atoms with E-state index in [9.17, 15) is 18.0 Å². The third kappa shape index (κ3) is 3.57. The number of ketones is 1. The molecule has 0 aliphatic carbocycles. The van der Waals surface area contributed by atoms with Gasteiger partial charge < -0.3 is 4.74 Å². The van der Waals surface area contributed by atoms with E-state index in [0.717, 1.165) is 6.07 Å². The van der Waals surface area contributed by atoms with E-state index in [-0.39, 0.29) is 11.1 Å². The highest BCUT2D eigenvalue weighted by atomic mass is 79.9. The summed E-state index contributed by atoms with van der Waals surface area (Å²) in [5, 5.41) is 0. The average Bonchev–Trinajstić information content (AvgIpc) is 2.37. The van der Waals surface area contributed by atoms with E-state index < -0.39 is 17.9 Å². The Morgan fingerprint density at radius 2 is 1.90 bits per heavy atom. The van der Waals surface area contributed by atoms with E-state index in [4.69, 9.17) is 0 Å². The predicted octanol–water partition coefficient (Wildman–Crippen LogP) is 3.97.